The maximum Gasteiger partial charge on any atom is 0.307 e. The summed E-state index contributed by atoms with van der Waals surface area (Å²) < 4.78 is 4.92. The molecule has 0 heterocycles. The molecule has 0 aliphatic heterocycles. The summed E-state index contributed by atoms with van der Waals surface area (Å²) in [6.07, 6.45) is 4.16. The van der Waals surface area contributed by atoms with E-state index >= 15 is 0 Å². The Balaban J connectivity index is 2.60. The third-order valence-corrected chi connectivity index (χ3v) is 3.12. The van der Waals surface area contributed by atoms with E-state index in [4.69, 9.17) is 4.74 Å². The maximum absolute atomic E-state index is 11.4. The fourth-order valence-electron chi connectivity index (χ4n) is 2.45. The third kappa shape index (κ3) is 3.23. The van der Waals surface area contributed by atoms with Crippen molar-refractivity contribution in [3.63, 3.8) is 0 Å². The lowest BCUT2D eigenvalue weighted by Crippen LogP contribution is -2.29. The van der Waals surface area contributed by atoms with Gasteiger partial charge in [0.25, 0.3) is 0 Å². The second-order valence-electron chi connectivity index (χ2n) is 4.58. The molecule has 1 saturated carbocycles. The Hall–Kier alpha value is -1.04. The van der Waals surface area contributed by atoms with Gasteiger partial charge in [0.15, 0.2) is 0 Å². The zero-order valence-electron chi connectivity index (χ0n) is 9.58. The standard InChI is InChI=1S/C12H19NO2/c1-3-15-11(14)8-12(9-13)6-4-5-10(2)7-12/h10H,3-8H2,1-2H3/t10-,12+/m1/s1. The maximum atomic E-state index is 11.4. The first-order chi connectivity index (χ1) is 7.12. The molecular formula is C12H19NO2. The summed E-state index contributed by atoms with van der Waals surface area (Å²) in [4.78, 5) is 11.4. The highest BCUT2D eigenvalue weighted by Gasteiger charge is 2.37. The van der Waals surface area contributed by atoms with Crippen molar-refractivity contribution >= 4 is 5.97 Å². The highest BCUT2D eigenvalue weighted by Crippen LogP contribution is 2.41. The molecule has 0 radical (unpaired) electrons. The molecule has 1 fully saturated rings. The largest absolute Gasteiger partial charge is 0.466 e. The number of ether oxygens (including phenoxy) is 1. The van der Waals surface area contributed by atoms with Crippen LogP contribution < -0.4 is 0 Å². The van der Waals surface area contributed by atoms with Crippen LogP contribution in [0.5, 0.6) is 0 Å². The van der Waals surface area contributed by atoms with Crippen molar-refractivity contribution in [2.45, 2.75) is 46.0 Å². The molecule has 0 aromatic carbocycles. The van der Waals surface area contributed by atoms with Crippen LogP contribution in [0.25, 0.3) is 0 Å². The van der Waals surface area contributed by atoms with E-state index in [2.05, 4.69) is 13.0 Å². The summed E-state index contributed by atoms with van der Waals surface area (Å²) in [6.45, 7) is 4.34. The lowest BCUT2D eigenvalue weighted by Gasteiger charge is -2.33. The summed E-state index contributed by atoms with van der Waals surface area (Å²) >= 11 is 0. The Bertz CT molecular complexity index is 269. The monoisotopic (exact) mass is 209 g/mol. The van der Waals surface area contributed by atoms with Gasteiger partial charge in [-0.25, -0.2) is 0 Å². The van der Waals surface area contributed by atoms with Gasteiger partial charge in [-0.05, 0) is 25.7 Å². The highest BCUT2D eigenvalue weighted by molar-refractivity contribution is 5.70. The fraction of sp³-hybridized carbons (Fsp3) is 0.833. The molecule has 1 aliphatic rings. The molecule has 0 bridgehead atoms. The van der Waals surface area contributed by atoms with E-state index < -0.39 is 5.41 Å². The number of nitriles is 1. The second-order valence-corrected chi connectivity index (χ2v) is 4.58. The predicted octanol–water partition coefficient (Wildman–Crippen LogP) is 2.66. The third-order valence-electron chi connectivity index (χ3n) is 3.12. The van der Waals surface area contributed by atoms with Crippen molar-refractivity contribution in [1.29, 1.82) is 5.26 Å². The summed E-state index contributed by atoms with van der Waals surface area (Å²) in [7, 11) is 0. The Morgan fingerprint density at radius 3 is 2.93 bits per heavy atom. The zero-order chi connectivity index (χ0) is 11.3. The van der Waals surface area contributed by atoms with Crippen molar-refractivity contribution in [3.8, 4) is 6.07 Å². The van der Waals surface area contributed by atoms with Gasteiger partial charge in [-0.1, -0.05) is 19.8 Å². The van der Waals surface area contributed by atoms with E-state index in [1.165, 1.54) is 6.42 Å². The minimum Gasteiger partial charge on any atom is -0.466 e. The highest BCUT2D eigenvalue weighted by atomic mass is 16.5. The van der Waals surface area contributed by atoms with Crippen molar-refractivity contribution in [3.05, 3.63) is 0 Å². The molecule has 0 spiro atoms. The van der Waals surface area contributed by atoms with E-state index in [1.54, 1.807) is 6.92 Å². The number of carbonyl (C=O) groups excluding carboxylic acids is 1. The molecule has 84 valence electrons. The lowest BCUT2D eigenvalue weighted by atomic mass is 9.69. The van der Waals surface area contributed by atoms with Crippen LogP contribution >= 0.6 is 0 Å². The molecule has 15 heavy (non-hydrogen) atoms. The van der Waals surface area contributed by atoms with Gasteiger partial charge in [-0.15, -0.1) is 0 Å². The summed E-state index contributed by atoms with van der Waals surface area (Å²) in [5, 5.41) is 9.22. The Morgan fingerprint density at radius 2 is 2.40 bits per heavy atom. The first-order valence-electron chi connectivity index (χ1n) is 5.69. The first kappa shape index (κ1) is 12.0. The first-order valence-corrected chi connectivity index (χ1v) is 5.69. The Labute approximate surface area is 91.4 Å². The number of hydrogen-bond donors (Lipinski definition) is 0. The van der Waals surface area contributed by atoms with Crippen molar-refractivity contribution < 1.29 is 9.53 Å². The molecule has 2 atom stereocenters. The molecule has 1 rings (SSSR count). The van der Waals surface area contributed by atoms with Crippen LogP contribution in [0.2, 0.25) is 0 Å². The summed E-state index contributed by atoms with van der Waals surface area (Å²) in [6, 6.07) is 2.34. The Kier molecular flexibility index (Phi) is 4.14. The van der Waals surface area contributed by atoms with Crippen LogP contribution in [0.15, 0.2) is 0 Å². The van der Waals surface area contributed by atoms with Gasteiger partial charge in [-0.2, -0.15) is 5.26 Å². The predicted molar refractivity (Wildman–Crippen MR) is 56.9 cm³/mol. The average Bonchev–Trinajstić information content (AvgIpc) is 2.18. The van der Waals surface area contributed by atoms with Crippen LogP contribution in [-0.4, -0.2) is 12.6 Å². The molecule has 0 N–H and O–H groups in total. The van der Waals surface area contributed by atoms with Gasteiger partial charge in [0.05, 0.1) is 24.5 Å². The molecule has 0 unspecified atom stereocenters. The van der Waals surface area contributed by atoms with Gasteiger partial charge >= 0.3 is 5.97 Å². The molecule has 1 aliphatic carbocycles. The zero-order valence-corrected chi connectivity index (χ0v) is 9.58. The van der Waals surface area contributed by atoms with Crippen LogP contribution in [0.3, 0.4) is 0 Å². The second kappa shape index (κ2) is 5.16. The van der Waals surface area contributed by atoms with Crippen LogP contribution in [-0.2, 0) is 9.53 Å². The lowest BCUT2D eigenvalue weighted by molar-refractivity contribution is -0.145. The van der Waals surface area contributed by atoms with E-state index in [0.29, 0.717) is 12.5 Å². The molecule has 0 aromatic heterocycles. The van der Waals surface area contributed by atoms with Gasteiger partial charge in [0.1, 0.15) is 0 Å². The van der Waals surface area contributed by atoms with Crippen molar-refractivity contribution in [2.75, 3.05) is 6.61 Å². The summed E-state index contributed by atoms with van der Waals surface area (Å²) in [5.74, 6) is 0.320. The summed E-state index contributed by atoms with van der Waals surface area (Å²) in [5.41, 5.74) is -0.454. The van der Waals surface area contributed by atoms with E-state index in [0.717, 1.165) is 19.3 Å². The molecule has 0 aromatic rings. The van der Waals surface area contributed by atoms with E-state index in [9.17, 15) is 10.1 Å². The fourth-order valence-corrected chi connectivity index (χ4v) is 2.45. The normalized spacial score (nSPS) is 30.6. The number of hydrogen-bond acceptors (Lipinski definition) is 3. The molecule has 0 amide bonds. The van der Waals surface area contributed by atoms with E-state index in [-0.39, 0.29) is 12.4 Å². The smallest absolute Gasteiger partial charge is 0.307 e. The van der Waals surface area contributed by atoms with Gasteiger partial charge in [0.2, 0.25) is 0 Å². The van der Waals surface area contributed by atoms with Gasteiger partial charge < -0.3 is 4.74 Å². The van der Waals surface area contributed by atoms with Crippen molar-refractivity contribution in [1.82, 2.24) is 0 Å². The van der Waals surface area contributed by atoms with Crippen LogP contribution in [0.4, 0.5) is 0 Å². The number of nitrogens with zero attached hydrogens (tertiary/aromatic N) is 1. The van der Waals surface area contributed by atoms with Gasteiger partial charge in [0, 0.05) is 0 Å². The number of carbonyl (C=O) groups is 1. The minimum absolute atomic E-state index is 0.229. The van der Waals surface area contributed by atoms with Gasteiger partial charge in [-0.3, -0.25) is 4.79 Å². The molecule has 0 saturated heterocycles. The average molecular weight is 209 g/mol. The molecule has 3 nitrogen and oxygen atoms in total. The number of rotatable bonds is 3. The topological polar surface area (TPSA) is 50.1 Å². The number of esters is 1. The quantitative estimate of drug-likeness (QED) is 0.671. The van der Waals surface area contributed by atoms with Crippen LogP contribution in [0, 0.1) is 22.7 Å². The van der Waals surface area contributed by atoms with Crippen molar-refractivity contribution in [2.24, 2.45) is 11.3 Å². The van der Waals surface area contributed by atoms with Crippen LogP contribution in [0.1, 0.15) is 46.0 Å². The minimum atomic E-state index is -0.454. The Morgan fingerprint density at radius 1 is 1.67 bits per heavy atom. The SMILES string of the molecule is CCOC(=O)C[C@]1(C#N)CCC[C@@H](C)C1. The van der Waals surface area contributed by atoms with E-state index in [1.807, 2.05) is 0 Å². The molecule has 3 heteroatoms. The molecular weight excluding hydrogens is 190 g/mol.